The highest BCUT2D eigenvalue weighted by molar-refractivity contribution is 5.60. The van der Waals surface area contributed by atoms with Gasteiger partial charge < -0.3 is 14.6 Å². The Hall–Kier alpha value is -1.23. The van der Waals surface area contributed by atoms with Gasteiger partial charge in [0.15, 0.2) is 5.79 Å². The van der Waals surface area contributed by atoms with Crippen molar-refractivity contribution in [1.82, 2.24) is 4.98 Å². The first-order valence-corrected chi connectivity index (χ1v) is 7.16. The Morgan fingerprint density at radius 1 is 1.20 bits per heavy atom. The maximum atomic E-state index is 10.8. The van der Waals surface area contributed by atoms with Gasteiger partial charge in [-0.15, -0.1) is 0 Å². The quantitative estimate of drug-likeness (QED) is 0.901. The summed E-state index contributed by atoms with van der Waals surface area (Å²) >= 11 is 0. The van der Waals surface area contributed by atoms with Crippen molar-refractivity contribution < 1.29 is 14.6 Å². The third-order valence-corrected chi connectivity index (χ3v) is 4.39. The average Bonchev–Trinajstić information content (AvgIpc) is 2.92. The monoisotopic (exact) mass is 275 g/mol. The van der Waals surface area contributed by atoms with E-state index < -0.39 is 11.4 Å². The Kier molecular flexibility index (Phi) is 3.40. The van der Waals surface area contributed by atoms with Crippen LogP contribution in [0.15, 0.2) is 24.9 Å². The molecular formula is C16H21NO3. The molecule has 4 nitrogen and oxygen atoms in total. The highest BCUT2D eigenvalue weighted by atomic mass is 16.7. The van der Waals surface area contributed by atoms with Gasteiger partial charge in [-0.1, -0.05) is 12.6 Å². The summed E-state index contributed by atoms with van der Waals surface area (Å²) in [5.74, 6) is -0.454. The molecule has 0 amide bonds. The molecule has 108 valence electrons. The first-order chi connectivity index (χ1) is 9.53. The molecule has 1 aromatic heterocycles. The Labute approximate surface area is 119 Å². The standard InChI is InChI=1S/C16H21NO3/c1-12(2)13-3-4-14(17-11-13)15(18)5-7-16(8-6-15)19-9-10-20-16/h3-4,11,18H,1,5-10H2,2H3. The highest BCUT2D eigenvalue weighted by Gasteiger charge is 2.46. The second kappa shape index (κ2) is 4.95. The van der Waals surface area contributed by atoms with Crippen molar-refractivity contribution in [3.05, 3.63) is 36.2 Å². The number of ether oxygens (including phenoxy) is 2. The third-order valence-electron chi connectivity index (χ3n) is 4.39. The van der Waals surface area contributed by atoms with Gasteiger partial charge in [0.05, 0.1) is 18.9 Å². The van der Waals surface area contributed by atoms with E-state index in [1.165, 1.54) is 0 Å². The van der Waals surface area contributed by atoms with Crippen molar-refractivity contribution in [2.24, 2.45) is 0 Å². The number of hydrogen-bond acceptors (Lipinski definition) is 4. The molecule has 0 radical (unpaired) electrons. The lowest BCUT2D eigenvalue weighted by Gasteiger charge is -2.40. The molecule has 1 aliphatic carbocycles. The van der Waals surface area contributed by atoms with E-state index in [0.717, 1.165) is 16.8 Å². The lowest BCUT2D eigenvalue weighted by Crippen LogP contribution is -2.42. The zero-order valence-corrected chi connectivity index (χ0v) is 11.9. The molecule has 1 aliphatic heterocycles. The van der Waals surface area contributed by atoms with Crippen LogP contribution in [0.1, 0.15) is 43.9 Å². The van der Waals surface area contributed by atoms with Crippen LogP contribution in [0.25, 0.3) is 5.57 Å². The molecule has 0 unspecified atom stereocenters. The minimum atomic E-state index is -0.867. The van der Waals surface area contributed by atoms with Gasteiger partial charge in [0.1, 0.15) is 5.60 Å². The number of hydrogen-bond donors (Lipinski definition) is 1. The van der Waals surface area contributed by atoms with Crippen LogP contribution in [-0.4, -0.2) is 29.1 Å². The van der Waals surface area contributed by atoms with Crippen LogP contribution in [0.4, 0.5) is 0 Å². The number of aliphatic hydroxyl groups is 1. The molecule has 0 bridgehead atoms. The van der Waals surface area contributed by atoms with Crippen molar-refractivity contribution in [3.63, 3.8) is 0 Å². The van der Waals surface area contributed by atoms with E-state index in [-0.39, 0.29) is 0 Å². The van der Waals surface area contributed by atoms with Crippen LogP contribution in [0.5, 0.6) is 0 Å². The summed E-state index contributed by atoms with van der Waals surface area (Å²) in [6.45, 7) is 7.16. The summed E-state index contributed by atoms with van der Waals surface area (Å²) < 4.78 is 11.4. The SMILES string of the molecule is C=C(C)c1ccc(C2(O)CCC3(CC2)OCCO3)nc1. The molecule has 1 spiro atoms. The number of nitrogens with zero attached hydrogens (tertiary/aromatic N) is 1. The first kappa shape index (κ1) is 13.7. The van der Waals surface area contributed by atoms with Gasteiger partial charge in [0.2, 0.25) is 0 Å². The molecule has 1 N–H and O–H groups in total. The summed E-state index contributed by atoms with van der Waals surface area (Å²) in [4.78, 5) is 4.42. The zero-order valence-electron chi connectivity index (χ0n) is 11.9. The van der Waals surface area contributed by atoms with E-state index in [9.17, 15) is 5.11 Å². The summed E-state index contributed by atoms with van der Waals surface area (Å²) in [6, 6.07) is 3.87. The van der Waals surface area contributed by atoms with E-state index in [1.54, 1.807) is 6.20 Å². The van der Waals surface area contributed by atoms with Gasteiger partial charge in [-0.3, -0.25) is 4.98 Å². The van der Waals surface area contributed by atoms with E-state index in [4.69, 9.17) is 9.47 Å². The summed E-state index contributed by atoms with van der Waals surface area (Å²) in [5, 5.41) is 10.8. The number of allylic oxidation sites excluding steroid dienone is 1. The maximum absolute atomic E-state index is 10.8. The van der Waals surface area contributed by atoms with Gasteiger partial charge >= 0.3 is 0 Å². The van der Waals surface area contributed by atoms with Crippen LogP contribution in [0, 0.1) is 0 Å². The lowest BCUT2D eigenvalue weighted by molar-refractivity contribution is -0.204. The van der Waals surface area contributed by atoms with Gasteiger partial charge in [0, 0.05) is 19.0 Å². The van der Waals surface area contributed by atoms with Crippen LogP contribution in [-0.2, 0) is 15.1 Å². The van der Waals surface area contributed by atoms with E-state index in [1.807, 2.05) is 19.1 Å². The van der Waals surface area contributed by atoms with Gasteiger partial charge in [-0.2, -0.15) is 0 Å². The largest absolute Gasteiger partial charge is 0.384 e. The Bertz CT molecular complexity index is 493. The molecule has 1 saturated carbocycles. The van der Waals surface area contributed by atoms with Crippen LogP contribution in [0.2, 0.25) is 0 Å². The van der Waals surface area contributed by atoms with E-state index in [2.05, 4.69) is 11.6 Å². The number of pyridine rings is 1. The van der Waals surface area contributed by atoms with Crippen molar-refractivity contribution in [2.75, 3.05) is 13.2 Å². The molecule has 4 heteroatoms. The molecule has 20 heavy (non-hydrogen) atoms. The summed E-state index contributed by atoms with van der Waals surface area (Å²) in [6.07, 6.45) is 4.45. The second-order valence-electron chi connectivity index (χ2n) is 5.85. The fraction of sp³-hybridized carbons (Fsp3) is 0.562. The molecule has 0 aromatic carbocycles. The lowest BCUT2D eigenvalue weighted by atomic mass is 9.79. The van der Waals surface area contributed by atoms with Crippen molar-refractivity contribution in [2.45, 2.75) is 44.0 Å². The molecule has 1 saturated heterocycles. The van der Waals surface area contributed by atoms with E-state index in [0.29, 0.717) is 38.9 Å². The Morgan fingerprint density at radius 2 is 1.85 bits per heavy atom. The Balaban J connectivity index is 1.75. The fourth-order valence-corrected chi connectivity index (χ4v) is 3.01. The molecule has 2 aliphatic rings. The predicted octanol–water partition coefficient (Wildman–Crippen LogP) is 2.62. The first-order valence-electron chi connectivity index (χ1n) is 7.16. The molecule has 1 aromatic rings. The van der Waals surface area contributed by atoms with Gasteiger partial charge in [-0.05, 0) is 37.0 Å². The Morgan fingerprint density at radius 3 is 2.35 bits per heavy atom. The zero-order chi connectivity index (χ0) is 14.2. The van der Waals surface area contributed by atoms with Crippen molar-refractivity contribution >= 4 is 5.57 Å². The van der Waals surface area contributed by atoms with Crippen molar-refractivity contribution in [1.29, 1.82) is 0 Å². The minimum Gasteiger partial charge on any atom is -0.384 e. The van der Waals surface area contributed by atoms with Crippen molar-refractivity contribution in [3.8, 4) is 0 Å². The fourth-order valence-electron chi connectivity index (χ4n) is 3.01. The molecule has 3 rings (SSSR count). The summed E-state index contributed by atoms with van der Waals surface area (Å²) in [5.41, 5.74) is 1.85. The number of rotatable bonds is 2. The second-order valence-corrected chi connectivity index (χ2v) is 5.85. The number of aromatic nitrogens is 1. The molecular weight excluding hydrogens is 254 g/mol. The van der Waals surface area contributed by atoms with Crippen LogP contribution in [0.3, 0.4) is 0 Å². The molecule has 0 atom stereocenters. The normalized spacial score (nSPS) is 23.9. The van der Waals surface area contributed by atoms with E-state index >= 15 is 0 Å². The van der Waals surface area contributed by atoms with Crippen LogP contribution < -0.4 is 0 Å². The average molecular weight is 275 g/mol. The molecule has 2 fully saturated rings. The predicted molar refractivity (Wildman–Crippen MR) is 75.9 cm³/mol. The molecule has 2 heterocycles. The van der Waals surface area contributed by atoms with Gasteiger partial charge in [0.25, 0.3) is 0 Å². The highest BCUT2D eigenvalue weighted by Crippen LogP contribution is 2.44. The topological polar surface area (TPSA) is 51.6 Å². The summed E-state index contributed by atoms with van der Waals surface area (Å²) in [7, 11) is 0. The van der Waals surface area contributed by atoms with Gasteiger partial charge in [-0.25, -0.2) is 0 Å². The smallest absolute Gasteiger partial charge is 0.168 e. The van der Waals surface area contributed by atoms with Crippen LogP contribution >= 0.6 is 0 Å². The minimum absolute atomic E-state index is 0.454. The third kappa shape index (κ3) is 2.39. The maximum Gasteiger partial charge on any atom is 0.168 e.